The van der Waals surface area contributed by atoms with Crippen LogP contribution in [0.5, 0.6) is 5.75 Å². The summed E-state index contributed by atoms with van der Waals surface area (Å²) in [6.07, 6.45) is 0.274. The topological polar surface area (TPSA) is 81.6 Å². The highest BCUT2D eigenvalue weighted by Gasteiger charge is 2.36. The first kappa shape index (κ1) is 17.1. The van der Waals surface area contributed by atoms with E-state index in [2.05, 4.69) is 26.1 Å². The Morgan fingerprint density at radius 1 is 1.35 bits per heavy atom. The van der Waals surface area contributed by atoms with Crippen molar-refractivity contribution in [2.75, 3.05) is 18.6 Å². The van der Waals surface area contributed by atoms with Crippen molar-refractivity contribution < 1.29 is 18.5 Å². The lowest BCUT2D eigenvalue weighted by Crippen LogP contribution is -2.24. The summed E-state index contributed by atoms with van der Waals surface area (Å²) in [6.45, 7) is 0.413. The average Bonchev–Trinajstić information content (AvgIpc) is 3.34. The number of hydrogen-bond acceptors (Lipinski definition) is 6. The molecule has 3 heterocycles. The zero-order valence-electron chi connectivity index (χ0n) is 13.6. The molecule has 1 fully saturated rings. The Hall–Kier alpha value is -2.32. The van der Waals surface area contributed by atoms with E-state index >= 15 is 0 Å². The lowest BCUT2D eigenvalue weighted by atomic mass is 10.1. The Labute approximate surface area is 162 Å². The molecule has 3 aromatic rings. The summed E-state index contributed by atoms with van der Waals surface area (Å²) in [5.74, 6) is 1.54. The number of halogens is 2. The first-order chi connectivity index (χ1) is 12.5. The van der Waals surface area contributed by atoms with Crippen LogP contribution in [0.15, 0.2) is 43.9 Å². The molecule has 1 aromatic carbocycles. The van der Waals surface area contributed by atoms with Crippen molar-refractivity contribution in [3.8, 4) is 17.4 Å². The maximum Gasteiger partial charge on any atom is 0.293 e. The number of anilines is 1. The summed E-state index contributed by atoms with van der Waals surface area (Å²) < 4.78 is 16.6. The van der Waals surface area contributed by atoms with Crippen LogP contribution in [0, 0.1) is 0 Å². The third kappa shape index (κ3) is 3.10. The Bertz CT molecular complexity index is 971. The minimum atomic E-state index is -0.193. The third-order valence-electron chi connectivity index (χ3n) is 4.15. The number of benzene rings is 1. The summed E-state index contributed by atoms with van der Waals surface area (Å²) in [7, 11) is 1.55. The van der Waals surface area contributed by atoms with Gasteiger partial charge in [0, 0.05) is 23.9 Å². The average molecular weight is 439 g/mol. The highest BCUT2D eigenvalue weighted by atomic mass is 79.9. The number of rotatable bonds is 4. The number of nitrogens with zero attached hydrogens (tertiary/aromatic N) is 3. The van der Waals surface area contributed by atoms with E-state index in [4.69, 9.17) is 25.3 Å². The van der Waals surface area contributed by atoms with Gasteiger partial charge in [0.2, 0.25) is 5.91 Å². The highest BCUT2D eigenvalue weighted by molar-refractivity contribution is 9.10. The van der Waals surface area contributed by atoms with Crippen LogP contribution in [0.25, 0.3) is 11.7 Å². The standard InChI is InChI=1S/C17H13BrClN3O4/c1-24-12-3-2-10(19)7-11(12)22-8-9(6-15(22)23)16-20-17(26-21-16)13-4-5-14(18)25-13/h2-5,7,9H,6,8H2,1H3. The number of carbonyl (C=O) groups is 1. The van der Waals surface area contributed by atoms with Crippen molar-refractivity contribution in [3.05, 3.63) is 45.8 Å². The number of hydrogen-bond donors (Lipinski definition) is 0. The van der Waals surface area contributed by atoms with E-state index in [-0.39, 0.29) is 24.1 Å². The van der Waals surface area contributed by atoms with E-state index < -0.39 is 0 Å². The van der Waals surface area contributed by atoms with E-state index in [9.17, 15) is 4.79 Å². The molecule has 4 rings (SSSR count). The monoisotopic (exact) mass is 437 g/mol. The number of aromatic nitrogens is 2. The van der Waals surface area contributed by atoms with Gasteiger partial charge in [-0.15, -0.1) is 0 Å². The molecule has 0 bridgehead atoms. The number of amides is 1. The second-order valence-corrected chi connectivity index (χ2v) is 7.00. The van der Waals surface area contributed by atoms with Crippen LogP contribution in [0.3, 0.4) is 0 Å². The number of carbonyl (C=O) groups excluding carboxylic acids is 1. The molecule has 1 amide bonds. The fourth-order valence-corrected chi connectivity index (χ4v) is 3.39. The van der Waals surface area contributed by atoms with Crippen molar-refractivity contribution in [1.29, 1.82) is 0 Å². The van der Waals surface area contributed by atoms with Crippen LogP contribution >= 0.6 is 27.5 Å². The largest absolute Gasteiger partial charge is 0.495 e. The summed E-state index contributed by atoms with van der Waals surface area (Å²) >= 11 is 9.31. The van der Waals surface area contributed by atoms with E-state index in [1.165, 1.54) is 0 Å². The molecule has 26 heavy (non-hydrogen) atoms. The fraction of sp³-hybridized carbons (Fsp3) is 0.235. The lowest BCUT2D eigenvalue weighted by molar-refractivity contribution is -0.117. The molecule has 1 unspecified atom stereocenters. The van der Waals surface area contributed by atoms with E-state index in [1.807, 2.05) is 0 Å². The highest BCUT2D eigenvalue weighted by Crippen LogP contribution is 2.37. The van der Waals surface area contributed by atoms with E-state index in [0.29, 0.717) is 39.3 Å². The molecule has 1 saturated heterocycles. The van der Waals surface area contributed by atoms with Crippen LogP contribution in [0.4, 0.5) is 5.69 Å². The molecule has 1 aliphatic rings. The summed E-state index contributed by atoms with van der Waals surface area (Å²) in [5, 5.41) is 4.54. The zero-order chi connectivity index (χ0) is 18.3. The number of ether oxygens (including phenoxy) is 1. The Morgan fingerprint density at radius 2 is 2.19 bits per heavy atom. The van der Waals surface area contributed by atoms with Crippen LogP contribution in [-0.4, -0.2) is 29.7 Å². The molecule has 134 valence electrons. The molecule has 0 saturated carbocycles. The molecule has 9 heteroatoms. The molecule has 0 radical (unpaired) electrons. The van der Waals surface area contributed by atoms with Gasteiger partial charge in [0.15, 0.2) is 16.3 Å². The SMILES string of the molecule is COc1ccc(Cl)cc1N1CC(c2noc(-c3ccc(Br)o3)n2)CC1=O. The van der Waals surface area contributed by atoms with Gasteiger partial charge in [0.25, 0.3) is 5.89 Å². The number of furan rings is 1. The summed E-state index contributed by atoms with van der Waals surface area (Å²) in [5.41, 5.74) is 0.631. The predicted octanol–water partition coefficient (Wildman–Crippen LogP) is 4.27. The molecular weight excluding hydrogens is 426 g/mol. The smallest absolute Gasteiger partial charge is 0.293 e. The van der Waals surface area contributed by atoms with Gasteiger partial charge in [-0.05, 0) is 46.3 Å². The molecule has 2 aromatic heterocycles. The van der Waals surface area contributed by atoms with Crippen LogP contribution in [-0.2, 0) is 4.79 Å². The first-order valence-corrected chi connectivity index (χ1v) is 8.95. The van der Waals surface area contributed by atoms with Gasteiger partial charge in [-0.3, -0.25) is 4.79 Å². The number of methoxy groups -OCH3 is 1. The Kier molecular flexibility index (Phi) is 4.46. The predicted molar refractivity (Wildman–Crippen MR) is 97.4 cm³/mol. The fourth-order valence-electron chi connectivity index (χ4n) is 2.92. The maximum absolute atomic E-state index is 12.5. The van der Waals surface area contributed by atoms with Crippen molar-refractivity contribution >= 4 is 39.1 Å². The molecule has 1 aliphatic heterocycles. The van der Waals surface area contributed by atoms with Crippen molar-refractivity contribution in [3.63, 3.8) is 0 Å². The van der Waals surface area contributed by atoms with Crippen LogP contribution in [0.1, 0.15) is 18.2 Å². The molecule has 0 aliphatic carbocycles. The zero-order valence-corrected chi connectivity index (χ0v) is 16.0. The van der Waals surface area contributed by atoms with Gasteiger partial charge in [0.05, 0.1) is 12.8 Å². The maximum atomic E-state index is 12.5. The van der Waals surface area contributed by atoms with E-state index in [1.54, 1.807) is 42.3 Å². The normalized spacial score (nSPS) is 17.1. The second kappa shape index (κ2) is 6.77. The molecule has 0 N–H and O–H groups in total. The van der Waals surface area contributed by atoms with Crippen LogP contribution in [0.2, 0.25) is 5.02 Å². The second-order valence-electron chi connectivity index (χ2n) is 5.78. The molecular formula is C17H13BrClN3O4. The lowest BCUT2D eigenvalue weighted by Gasteiger charge is -2.19. The van der Waals surface area contributed by atoms with Gasteiger partial charge in [-0.1, -0.05) is 16.8 Å². The minimum Gasteiger partial charge on any atom is -0.495 e. The van der Waals surface area contributed by atoms with E-state index in [0.717, 1.165) is 0 Å². The Morgan fingerprint density at radius 3 is 2.92 bits per heavy atom. The van der Waals surface area contributed by atoms with Gasteiger partial charge in [0.1, 0.15) is 5.75 Å². The van der Waals surface area contributed by atoms with Gasteiger partial charge < -0.3 is 18.6 Å². The quantitative estimate of drug-likeness (QED) is 0.605. The van der Waals surface area contributed by atoms with Gasteiger partial charge in [-0.25, -0.2) is 0 Å². The van der Waals surface area contributed by atoms with Crippen molar-refractivity contribution in [2.24, 2.45) is 0 Å². The Balaban J connectivity index is 1.59. The molecule has 0 spiro atoms. The summed E-state index contributed by atoms with van der Waals surface area (Å²) in [4.78, 5) is 18.5. The van der Waals surface area contributed by atoms with Crippen molar-refractivity contribution in [1.82, 2.24) is 10.1 Å². The minimum absolute atomic E-state index is 0.0531. The molecule has 1 atom stereocenters. The molecule has 7 nitrogen and oxygen atoms in total. The van der Waals surface area contributed by atoms with Gasteiger partial charge in [-0.2, -0.15) is 4.98 Å². The summed E-state index contributed by atoms with van der Waals surface area (Å²) in [6, 6.07) is 8.63. The van der Waals surface area contributed by atoms with Gasteiger partial charge >= 0.3 is 0 Å². The van der Waals surface area contributed by atoms with Crippen molar-refractivity contribution in [2.45, 2.75) is 12.3 Å². The first-order valence-electron chi connectivity index (χ1n) is 7.78. The van der Waals surface area contributed by atoms with Crippen LogP contribution < -0.4 is 9.64 Å². The third-order valence-corrected chi connectivity index (χ3v) is 4.81.